The van der Waals surface area contributed by atoms with E-state index in [4.69, 9.17) is 16.3 Å². The molecule has 2 rings (SSSR count). The number of ether oxygens (including phenoxy) is 2. The van der Waals surface area contributed by atoms with E-state index in [1.165, 1.54) is 31.2 Å². The monoisotopic (exact) mass is 408 g/mol. The van der Waals surface area contributed by atoms with E-state index in [1.807, 2.05) is 0 Å². The molecule has 0 aliphatic heterocycles. The number of nitrogens with one attached hydrogen (secondary N) is 1. The first-order valence-electron chi connectivity index (χ1n) is 7.72. The molecule has 28 heavy (non-hydrogen) atoms. The lowest BCUT2D eigenvalue weighted by atomic mass is 10.0. The summed E-state index contributed by atoms with van der Waals surface area (Å²) in [5, 5.41) is 2.44. The molecule has 1 aromatic heterocycles. The summed E-state index contributed by atoms with van der Waals surface area (Å²) in [6, 6.07) is 5.82. The molecule has 1 amide bonds. The lowest BCUT2D eigenvalue weighted by Gasteiger charge is -2.16. The zero-order valence-electron chi connectivity index (χ0n) is 14.9. The van der Waals surface area contributed by atoms with Crippen LogP contribution in [0.1, 0.15) is 23.0 Å². The summed E-state index contributed by atoms with van der Waals surface area (Å²) in [5.74, 6) is -3.36. The van der Waals surface area contributed by atoms with E-state index in [-0.39, 0.29) is 17.0 Å². The van der Waals surface area contributed by atoms with Crippen molar-refractivity contribution in [3.05, 3.63) is 65.3 Å². The van der Waals surface area contributed by atoms with Crippen molar-refractivity contribution < 1.29 is 27.8 Å². The molecule has 6 nitrogen and oxygen atoms in total. The molecule has 0 radical (unpaired) electrons. The van der Waals surface area contributed by atoms with Crippen molar-refractivity contribution in [1.29, 1.82) is 0 Å². The van der Waals surface area contributed by atoms with Crippen LogP contribution in [0.5, 0.6) is 0 Å². The lowest BCUT2D eigenvalue weighted by molar-refractivity contribution is 0.0593. The van der Waals surface area contributed by atoms with Crippen LogP contribution in [0, 0.1) is 5.82 Å². The van der Waals surface area contributed by atoms with Crippen LogP contribution >= 0.6 is 11.6 Å². The van der Waals surface area contributed by atoms with E-state index < -0.39 is 40.7 Å². The summed E-state index contributed by atoms with van der Waals surface area (Å²) in [6.07, 6.45) is -1.14. The first kappa shape index (κ1) is 21.0. The number of amides is 1. The van der Waals surface area contributed by atoms with Gasteiger partial charge in [-0.3, -0.25) is 5.32 Å². The lowest BCUT2D eigenvalue weighted by Crippen LogP contribution is -2.19. The highest BCUT2D eigenvalue weighted by Gasteiger charge is 2.28. The number of anilines is 1. The van der Waals surface area contributed by atoms with Gasteiger partial charge in [-0.2, -0.15) is 0 Å². The van der Waals surface area contributed by atoms with Crippen molar-refractivity contribution in [3.63, 3.8) is 0 Å². The number of rotatable bonds is 5. The number of carbonyl (C=O) groups is 2. The van der Waals surface area contributed by atoms with Gasteiger partial charge in [0.1, 0.15) is 11.5 Å². The molecule has 0 saturated carbocycles. The summed E-state index contributed by atoms with van der Waals surface area (Å²) in [6.45, 7) is 7.85. The van der Waals surface area contributed by atoms with Crippen LogP contribution in [-0.4, -0.2) is 24.2 Å². The maximum absolute atomic E-state index is 15.2. The minimum absolute atomic E-state index is 0.0127. The molecule has 0 aliphatic carbocycles. The van der Waals surface area contributed by atoms with Crippen LogP contribution in [0.3, 0.4) is 0 Å². The molecule has 1 heterocycles. The van der Waals surface area contributed by atoms with Gasteiger partial charge in [0.2, 0.25) is 0 Å². The van der Waals surface area contributed by atoms with Crippen LogP contribution in [0.2, 0.25) is 5.02 Å². The van der Waals surface area contributed by atoms with Gasteiger partial charge in [0.05, 0.1) is 24.1 Å². The Bertz CT molecular complexity index is 975. The first-order chi connectivity index (χ1) is 13.1. The van der Waals surface area contributed by atoms with Gasteiger partial charge >= 0.3 is 12.1 Å². The number of halogens is 3. The molecule has 1 N–H and O–H groups in total. The number of allylic oxidation sites excluding steroid dienone is 1. The first-order valence-corrected chi connectivity index (χ1v) is 8.10. The SMILES string of the molecule is C=C(C)OC(=O)Nc1c(F)c(-c2ccc(Cl)cc2)nc(C(=O)OC)c1C(=C)F. The van der Waals surface area contributed by atoms with Crippen molar-refractivity contribution in [2.45, 2.75) is 6.92 Å². The van der Waals surface area contributed by atoms with Gasteiger partial charge < -0.3 is 9.47 Å². The topological polar surface area (TPSA) is 77.5 Å². The van der Waals surface area contributed by atoms with Crippen molar-refractivity contribution in [2.24, 2.45) is 0 Å². The Morgan fingerprint density at radius 3 is 2.32 bits per heavy atom. The quantitative estimate of drug-likeness (QED) is 0.533. The van der Waals surface area contributed by atoms with E-state index >= 15 is 4.39 Å². The molecule has 0 unspecified atom stereocenters. The number of hydrogen-bond donors (Lipinski definition) is 1. The highest BCUT2D eigenvalue weighted by molar-refractivity contribution is 6.30. The summed E-state index contributed by atoms with van der Waals surface area (Å²) < 4.78 is 38.6. The molecule has 0 saturated heterocycles. The van der Waals surface area contributed by atoms with Crippen LogP contribution in [0.25, 0.3) is 17.1 Å². The Morgan fingerprint density at radius 1 is 1.21 bits per heavy atom. The summed E-state index contributed by atoms with van der Waals surface area (Å²) in [5.41, 5.74) is -2.04. The maximum atomic E-state index is 15.2. The van der Waals surface area contributed by atoms with Crippen molar-refractivity contribution in [2.75, 3.05) is 12.4 Å². The Hall–Kier alpha value is -3.26. The molecular formula is C19H15ClF2N2O4. The van der Waals surface area contributed by atoms with Crippen LogP contribution in [-0.2, 0) is 9.47 Å². The third-order valence-electron chi connectivity index (χ3n) is 3.40. The van der Waals surface area contributed by atoms with Crippen LogP contribution in [0.15, 0.2) is 43.2 Å². The fourth-order valence-electron chi connectivity index (χ4n) is 2.27. The zero-order valence-corrected chi connectivity index (χ0v) is 15.7. The third kappa shape index (κ3) is 4.52. The smallest absolute Gasteiger partial charge is 0.416 e. The Labute approximate surface area is 164 Å². The predicted octanol–water partition coefficient (Wildman–Crippen LogP) is 5.35. The van der Waals surface area contributed by atoms with Gasteiger partial charge in [0, 0.05) is 10.6 Å². The molecule has 9 heteroatoms. The number of hydrogen-bond acceptors (Lipinski definition) is 5. The second-order valence-electron chi connectivity index (χ2n) is 5.49. The maximum Gasteiger partial charge on any atom is 0.416 e. The second kappa shape index (κ2) is 8.62. The number of aromatic nitrogens is 1. The standard InChI is InChI=1S/C19H15ClF2N2O4/c1-9(2)28-19(26)24-16-13(10(3)21)17(18(25)27-4)23-15(14(16)22)11-5-7-12(20)8-6-11/h5-8H,1,3H2,2,4H3,(H,23,24,26). The predicted molar refractivity (Wildman–Crippen MR) is 101 cm³/mol. The molecule has 0 atom stereocenters. The number of esters is 1. The van der Waals surface area contributed by atoms with Gasteiger partial charge in [-0.15, -0.1) is 0 Å². The average molecular weight is 409 g/mol. The van der Waals surface area contributed by atoms with E-state index in [9.17, 15) is 14.0 Å². The average Bonchev–Trinajstić information content (AvgIpc) is 2.62. The summed E-state index contributed by atoms with van der Waals surface area (Å²) >= 11 is 5.83. The number of carbonyl (C=O) groups excluding carboxylic acids is 2. The van der Waals surface area contributed by atoms with Gasteiger partial charge in [-0.05, 0) is 19.1 Å². The van der Waals surface area contributed by atoms with Gasteiger partial charge in [-0.1, -0.05) is 36.9 Å². The molecule has 2 aromatic rings. The molecular weight excluding hydrogens is 394 g/mol. The van der Waals surface area contributed by atoms with Crippen LogP contribution < -0.4 is 5.32 Å². The highest BCUT2D eigenvalue weighted by atomic mass is 35.5. The van der Waals surface area contributed by atoms with Crippen LogP contribution in [0.4, 0.5) is 19.3 Å². The summed E-state index contributed by atoms with van der Waals surface area (Å²) in [4.78, 5) is 27.9. The van der Waals surface area contributed by atoms with Crippen molar-refractivity contribution in [1.82, 2.24) is 4.98 Å². The van der Waals surface area contributed by atoms with E-state index in [0.29, 0.717) is 5.02 Å². The molecule has 0 aliphatic rings. The van der Waals surface area contributed by atoms with E-state index in [1.54, 1.807) is 0 Å². The minimum Gasteiger partial charge on any atom is -0.464 e. The number of methoxy groups -OCH3 is 1. The van der Waals surface area contributed by atoms with E-state index in [2.05, 4.69) is 28.2 Å². The zero-order chi connectivity index (χ0) is 21.0. The van der Waals surface area contributed by atoms with Gasteiger partial charge in [-0.25, -0.2) is 23.4 Å². The fraction of sp³-hybridized carbons (Fsp3) is 0.105. The molecule has 0 spiro atoms. The molecule has 0 bridgehead atoms. The third-order valence-corrected chi connectivity index (χ3v) is 3.65. The Balaban J connectivity index is 2.77. The van der Waals surface area contributed by atoms with Gasteiger partial charge in [0.25, 0.3) is 0 Å². The Kier molecular flexibility index (Phi) is 6.48. The molecule has 146 valence electrons. The van der Waals surface area contributed by atoms with Gasteiger partial charge in [0.15, 0.2) is 11.5 Å². The fourth-order valence-corrected chi connectivity index (χ4v) is 2.40. The number of benzene rings is 1. The highest BCUT2D eigenvalue weighted by Crippen LogP contribution is 2.35. The molecule has 1 aromatic carbocycles. The summed E-state index contributed by atoms with van der Waals surface area (Å²) in [7, 11) is 1.04. The second-order valence-corrected chi connectivity index (χ2v) is 5.93. The largest absolute Gasteiger partial charge is 0.464 e. The van der Waals surface area contributed by atoms with E-state index in [0.717, 1.165) is 7.11 Å². The number of pyridine rings is 1. The van der Waals surface area contributed by atoms with Crippen molar-refractivity contribution >= 4 is 35.2 Å². The van der Waals surface area contributed by atoms with Crippen molar-refractivity contribution in [3.8, 4) is 11.3 Å². The normalized spacial score (nSPS) is 10.2. The Morgan fingerprint density at radius 2 is 1.82 bits per heavy atom. The number of nitrogens with zero attached hydrogens (tertiary/aromatic N) is 1. The molecule has 0 fully saturated rings. The minimum atomic E-state index is -1.21.